The minimum absolute atomic E-state index is 0.374. The van der Waals surface area contributed by atoms with Crippen LogP contribution in [0.4, 0.5) is 13.2 Å². The van der Waals surface area contributed by atoms with Crippen molar-refractivity contribution in [2.75, 3.05) is 0 Å². The van der Waals surface area contributed by atoms with Gasteiger partial charge in [-0.1, -0.05) is 17.7 Å². The van der Waals surface area contributed by atoms with E-state index < -0.39 is 11.9 Å². The summed E-state index contributed by atoms with van der Waals surface area (Å²) in [6, 6.07) is 8.73. The van der Waals surface area contributed by atoms with E-state index in [0.717, 1.165) is 16.4 Å². The van der Waals surface area contributed by atoms with Crippen molar-refractivity contribution < 1.29 is 13.2 Å². The highest BCUT2D eigenvalue weighted by atomic mass is 19.4. The predicted molar refractivity (Wildman–Crippen MR) is 52.1 cm³/mol. The van der Waals surface area contributed by atoms with Crippen LogP contribution < -0.4 is 0 Å². The summed E-state index contributed by atoms with van der Waals surface area (Å²) in [6.45, 7) is 1.86. The van der Waals surface area contributed by atoms with Crippen LogP contribution in [0.2, 0.25) is 0 Å². The molecule has 0 N–H and O–H groups in total. The average Bonchev–Trinajstić information content (AvgIpc) is 2.66. The Morgan fingerprint density at radius 2 is 1.81 bits per heavy atom. The summed E-state index contributed by atoms with van der Waals surface area (Å²) in [5.74, 6) is 0. The quantitative estimate of drug-likeness (QED) is 0.729. The van der Waals surface area contributed by atoms with E-state index in [1.165, 1.54) is 0 Å². The van der Waals surface area contributed by atoms with Crippen LogP contribution >= 0.6 is 0 Å². The fraction of sp³-hybridized carbons (Fsp3) is 0.182. The molecule has 2 nitrogen and oxygen atoms in total. The first-order valence-corrected chi connectivity index (χ1v) is 4.58. The topological polar surface area (TPSA) is 17.8 Å². The molecule has 16 heavy (non-hydrogen) atoms. The lowest BCUT2D eigenvalue weighted by molar-refractivity contribution is -0.143. The molecule has 0 unspecified atom stereocenters. The molecule has 1 radical (unpaired) electrons. The maximum atomic E-state index is 12.6. The molecule has 1 aromatic carbocycles. The normalized spacial score (nSPS) is 11.8. The largest absolute Gasteiger partial charge is 0.434 e. The molecule has 0 saturated carbocycles. The fourth-order valence-corrected chi connectivity index (χ4v) is 1.35. The number of alkyl halides is 3. The molecule has 0 fully saturated rings. The van der Waals surface area contributed by atoms with E-state index in [1.54, 1.807) is 24.3 Å². The van der Waals surface area contributed by atoms with Crippen LogP contribution in [0.5, 0.6) is 0 Å². The van der Waals surface area contributed by atoms with Gasteiger partial charge in [0, 0.05) is 6.07 Å². The number of nitrogens with zero attached hydrogens (tertiary/aromatic N) is 2. The van der Waals surface area contributed by atoms with E-state index in [0.29, 0.717) is 5.69 Å². The summed E-state index contributed by atoms with van der Waals surface area (Å²) in [6.07, 6.45) is -3.43. The highest BCUT2D eigenvalue weighted by Gasteiger charge is 2.35. The Labute approximate surface area is 90.3 Å². The van der Waals surface area contributed by atoms with Crippen molar-refractivity contribution in [3.8, 4) is 5.69 Å². The van der Waals surface area contributed by atoms with E-state index >= 15 is 0 Å². The molecule has 83 valence electrons. The van der Waals surface area contributed by atoms with E-state index in [9.17, 15) is 13.2 Å². The number of aromatic nitrogens is 2. The number of halogens is 3. The third-order valence-corrected chi connectivity index (χ3v) is 2.13. The van der Waals surface area contributed by atoms with E-state index in [4.69, 9.17) is 0 Å². The Bertz CT molecular complexity index is 483. The van der Waals surface area contributed by atoms with Gasteiger partial charge in [-0.05, 0) is 19.1 Å². The summed E-state index contributed by atoms with van der Waals surface area (Å²) in [5.41, 5.74) is 0.462. The molecule has 0 aliphatic carbocycles. The zero-order valence-electron chi connectivity index (χ0n) is 8.42. The first-order chi connectivity index (χ1) is 7.48. The van der Waals surface area contributed by atoms with Gasteiger partial charge in [-0.3, -0.25) is 0 Å². The lowest BCUT2D eigenvalue weighted by Crippen LogP contribution is -2.13. The molecule has 0 bridgehead atoms. The van der Waals surface area contributed by atoms with Crippen molar-refractivity contribution in [2.24, 2.45) is 0 Å². The van der Waals surface area contributed by atoms with Gasteiger partial charge in [0.15, 0.2) is 5.69 Å². The van der Waals surface area contributed by atoms with Gasteiger partial charge in [0.25, 0.3) is 0 Å². The Kier molecular flexibility index (Phi) is 2.46. The number of hydrogen-bond donors (Lipinski definition) is 0. The van der Waals surface area contributed by atoms with Crippen molar-refractivity contribution in [1.29, 1.82) is 0 Å². The zero-order chi connectivity index (χ0) is 11.8. The molecule has 2 rings (SSSR count). The van der Waals surface area contributed by atoms with Crippen molar-refractivity contribution >= 4 is 0 Å². The maximum Gasteiger partial charge on any atom is 0.434 e. The molecule has 0 saturated heterocycles. The first-order valence-electron chi connectivity index (χ1n) is 4.58. The highest BCUT2D eigenvalue weighted by molar-refractivity contribution is 5.35. The summed E-state index contributed by atoms with van der Waals surface area (Å²) in [5, 5.41) is 3.62. The molecule has 2 aromatic rings. The minimum atomic E-state index is -4.44. The smallest absolute Gasteiger partial charge is 0.228 e. The molecule has 0 atom stereocenters. The van der Waals surface area contributed by atoms with Gasteiger partial charge in [0.2, 0.25) is 0 Å². The zero-order valence-corrected chi connectivity index (χ0v) is 8.42. The van der Waals surface area contributed by atoms with Crippen LogP contribution in [0, 0.1) is 13.0 Å². The van der Waals surface area contributed by atoms with E-state index in [-0.39, 0.29) is 0 Å². The first kappa shape index (κ1) is 10.7. The number of aryl methyl sites for hydroxylation is 1. The Morgan fingerprint density at radius 3 is 2.38 bits per heavy atom. The van der Waals surface area contributed by atoms with Crippen molar-refractivity contribution in [3.05, 3.63) is 47.8 Å². The van der Waals surface area contributed by atoms with Crippen LogP contribution in [0.1, 0.15) is 11.3 Å². The van der Waals surface area contributed by atoms with Gasteiger partial charge in [0.05, 0.1) is 11.9 Å². The molecular formula is C11H8F3N2. The summed E-state index contributed by atoms with van der Waals surface area (Å²) >= 11 is 0. The Hall–Kier alpha value is -1.78. The standard InChI is InChI=1S/C11H8F3N2/c1-8-2-4-9(5-3-8)16-10(6-7-15-16)11(12,13)14/h2-5,7H,1H3. The average molecular weight is 225 g/mol. The van der Waals surface area contributed by atoms with E-state index in [1.807, 2.05) is 6.92 Å². The molecule has 0 aliphatic heterocycles. The molecule has 1 aromatic heterocycles. The molecule has 0 spiro atoms. The van der Waals surface area contributed by atoms with Gasteiger partial charge >= 0.3 is 6.18 Å². The monoisotopic (exact) mass is 225 g/mol. The van der Waals surface area contributed by atoms with Crippen molar-refractivity contribution in [1.82, 2.24) is 9.78 Å². The third kappa shape index (κ3) is 1.93. The lowest BCUT2D eigenvalue weighted by atomic mass is 10.2. The summed E-state index contributed by atoms with van der Waals surface area (Å²) in [4.78, 5) is 0. The summed E-state index contributed by atoms with van der Waals surface area (Å²) in [7, 11) is 0. The molecule has 0 aliphatic rings. The number of benzene rings is 1. The predicted octanol–water partition coefficient (Wildman–Crippen LogP) is 3.00. The van der Waals surface area contributed by atoms with Crippen molar-refractivity contribution in [3.63, 3.8) is 0 Å². The van der Waals surface area contributed by atoms with Gasteiger partial charge in [0.1, 0.15) is 0 Å². The van der Waals surface area contributed by atoms with Crippen LogP contribution in [-0.2, 0) is 6.18 Å². The molecule has 1 heterocycles. The van der Waals surface area contributed by atoms with Crippen LogP contribution in [0.25, 0.3) is 5.69 Å². The van der Waals surface area contributed by atoms with Crippen LogP contribution in [0.15, 0.2) is 30.5 Å². The van der Waals surface area contributed by atoms with Gasteiger partial charge in [-0.2, -0.15) is 18.3 Å². The SMILES string of the molecule is Cc1ccc(-n2nc[c]c2C(F)(F)F)cc1. The summed E-state index contributed by atoms with van der Waals surface area (Å²) < 4.78 is 38.5. The van der Waals surface area contributed by atoms with Crippen molar-refractivity contribution in [2.45, 2.75) is 13.1 Å². The number of rotatable bonds is 1. The third-order valence-electron chi connectivity index (χ3n) is 2.13. The second-order valence-electron chi connectivity index (χ2n) is 3.38. The second kappa shape index (κ2) is 3.66. The highest BCUT2D eigenvalue weighted by Crippen LogP contribution is 2.30. The van der Waals surface area contributed by atoms with Gasteiger partial charge < -0.3 is 0 Å². The molecule has 0 amide bonds. The van der Waals surface area contributed by atoms with E-state index in [2.05, 4.69) is 11.2 Å². The van der Waals surface area contributed by atoms with Gasteiger partial charge in [-0.25, -0.2) is 4.68 Å². The van der Waals surface area contributed by atoms with Gasteiger partial charge in [-0.15, -0.1) is 0 Å². The Balaban J connectivity index is 2.49. The Morgan fingerprint density at radius 1 is 1.19 bits per heavy atom. The maximum absolute atomic E-state index is 12.6. The lowest BCUT2D eigenvalue weighted by Gasteiger charge is -2.09. The fourth-order valence-electron chi connectivity index (χ4n) is 1.35. The van der Waals surface area contributed by atoms with Crippen LogP contribution in [-0.4, -0.2) is 9.78 Å². The number of hydrogen-bond acceptors (Lipinski definition) is 1. The second-order valence-corrected chi connectivity index (χ2v) is 3.38. The molecule has 5 heteroatoms. The van der Waals surface area contributed by atoms with Crippen LogP contribution in [0.3, 0.4) is 0 Å². The minimum Gasteiger partial charge on any atom is -0.228 e. The molecular weight excluding hydrogens is 217 g/mol.